The summed E-state index contributed by atoms with van der Waals surface area (Å²) in [6.45, 7) is 4.81. The standard InChI is InChI=1S/C57H43N/c1-3-56(2)52-37-42(41-29-34-55-51(36-41)50-25-15-16-26-54(50)58(55)47-31-27-39-17-13-14-18-40(39)35-47)28-32-48(52)49-33-30-46(38-53(49)56)57(43-19-7-4-8-20-43,44-21-9-5-10-22-44)45-23-11-6-12-24-45/h4-38H,3H2,1-2H3. The first-order valence-corrected chi connectivity index (χ1v) is 20.6. The van der Waals surface area contributed by atoms with Crippen molar-refractivity contribution < 1.29 is 0 Å². The SMILES string of the molecule is CCC1(C)c2cc(-c3ccc4c(c3)c3ccccc3n4-c3ccc4ccccc4c3)ccc2-c2ccc(C(c3ccccc3)(c3ccccc3)c3ccccc3)cc21. The minimum absolute atomic E-state index is 0.164. The molecule has 0 radical (unpaired) electrons. The molecule has 0 saturated heterocycles. The minimum atomic E-state index is -0.491. The van der Waals surface area contributed by atoms with Crippen molar-refractivity contribution in [2.75, 3.05) is 0 Å². The lowest BCUT2D eigenvalue weighted by Gasteiger charge is -2.38. The Hall–Kier alpha value is -6.96. The number of nitrogens with zero attached hydrogens (tertiary/aromatic N) is 1. The van der Waals surface area contributed by atoms with Crippen molar-refractivity contribution in [3.8, 4) is 27.9 Å². The van der Waals surface area contributed by atoms with Crippen molar-refractivity contribution in [3.05, 3.63) is 246 Å². The fourth-order valence-electron chi connectivity index (χ4n) is 10.2. The van der Waals surface area contributed by atoms with Crippen LogP contribution in [0.2, 0.25) is 0 Å². The summed E-state index contributed by atoms with van der Waals surface area (Å²) in [5.41, 5.74) is 16.0. The second kappa shape index (κ2) is 13.3. The van der Waals surface area contributed by atoms with Crippen molar-refractivity contribution >= 4 is 32.6 Å². The van der Waals surface area contributed by atoms with E-state index in [1.54, 1.807) is 0 Å². The third kappa shape index (κ3) is 5.03. The van der Waals surface area contributed by atoms with Gasteiger partial charge >= 0.3 is 0 Å². The number of benzene rings is 9. The predicted octanol–water partition coefficient (Wildman–Crippen LogP) is 14.7. The molecule has 11 rings (SSSR count). The van der Waals surface area contributed by atoms with Crippen LogP contribution >= 0.6 is 0 Å². The molecule has 10 aromatic rings. The van der Waals surface area contributed by atoms with Crippen LogP contribution in [0.25, 0.3) is 60.5 Å². The summed E-state index contributed by atoms with van der Waals surface area (Å²) >= 11 is 0. The largest absolute Gasteiger partial charge is 0.309 e. The summed E-state index contributed by atoms with van der Waals surface area (Å²) in [5, 5.41) is 5.04. The Morgan fingerprint density at radius 2 is 0.948 bits per heavy atom. The molecule has 1 atom stereocenters. The van der Waals surface area contributed by atoms with Crippen LogP contribution in [0, 0.1) is 0 Å². The molecule has 1 aliphatic carbocycles. The van der Waals surface area contributed by atoms with Crippen LogP contribution in [-0.2, 0) is 10.8 Å². The van der Waals surface area contributed by atoms with Crippen LogP contribution in [0.4, 0.5) is 0 Å². The molecule has 0 N–H and O–H groups in total. The summed E-state index contributed by atoms with van der Waals surface area (Å²) < 4.78 is 2.42. The molecule has 0 aliphatic heterocycles. The van der Waals surface area contributed by atoms with E-state index < -0.39 is 5.41 Å². The molecule has 1 aliphatic rings. The molecule has 9 aromatic carbocycles. The lowest BCUT2D eigenvalue weighted by Crippen LogP contribution is -2.31. The summed E-state index contributed by atoms with van der Waals surface area (Å²) in [4.78, 5) is 0. The van der Waals surface area contributed by atoms with Crippen LogP contribution in [0.5, 0.6) is 0 Å². The van der Waals surface area contributed by atoms with E-state index in [0.717, 1.165) is 6.42 Å². The molecule has 0 fully saturated rings. The fraction of sp³-hybridized carbons (Fsp3) is 0.0877. The maximum atomic E-state index is 2.54. The van der Waals surface area contributed by atoms with Crippen molar-refractivity contribution in [1.29, 1.82) is 0 Å². The van der Waals surface area contributed by atoms with Crippen LogP contribution < -0.4 is 0 Å². The molecule has 1 heterocycles. The van der Waals surface area contributed by atoms with Gasteiger partial charge in [-0.05, 0) is 109 Å². The van der Waals surface area contributed by atoms with Gasteiger partial charge in [-0.2, -0.15) is 0 Å². The Morgan fingerprint density at radius 1 is 0.414 bits per heavy atom. The fourth-order valence-corrected chi connectivity index (χ4v) is 10.2. The number of aromatic nitrogens is 1. The monoisotopic (exact) mass is 741 g/mol. The van der Waals surface area contributed by atoms with Crippen LogP contribution in [-0.4, -0.2) is 4.57 Å². The van der Waals surface area contributed by atoms with E-state index in [0.29, 0.717) is 0 Å². The average molecular weight is 742 g/mol. The van der Waals surface area contributed by atoms with Gasteiger partial charge in [-0.25, -0.2) is 0 Å². The van der Waals surface area contributed by atoms with Crippen molar-refractivity contribution in [1.82, 2.24) is 4.57 Å². The van der Waals surface area contributed by atoms with Gasteiger partial charge in [0.1, 0.15) is 0 Å². The second-order valence-electron chi connectivity index (χ2n) is 16.2. The molecule has 58 heavy (non-hydrogen) atoms. The molecular weight excluding hydrogens is 699 g/mol. The Labute approximate surface area is 340 Å². The number of hydrogen-bond donors (Lipinski definition) is 0. The van der Waals surface area contributed by atoms with Crippen molar-refractivity contribution in [2.45, 2.75) is 31.1 Å². The Bertz CT molecular complexity index is 3060. The molecule has 1 unspecified atom stereocenters. The molecule has 1 aromatic heterocycles. The summed E-state index contributed by atoms with van der Waals surface area (Å²) in [6, 6.07) is 79.0. The van der Waals surface area contributed by atoms with E-state index in [1.807, 2.05) is 0 Å². The van der Waals surface area contributed by atoms with Gasteiger partial charge in [-0.3, -0.25) is 0 Å². The third-order valence-corrected chi connectivity index (χ3v) is 13.3. The van der Waals surface area contributed by atoms with E-state index >= 15 is 0 Å². The van der Waals surface area contributed by atoms with Gasteiger partial charge < -0.3 is 4.57 Å². The van der Waals surface area contributed by atoms with E-state index in [4.69, 9.17) is 0 Å². The number of hydrogen-bond acceptors (Lipinski definition) is 0. The number of para-hydroxylation sites is 1. The van der Waals surface area contributed by atoms with Gasteiger partial charge in [0.15, 0.2) is 0 Å². The van der Waals surface area contributed by atoms with Gasteiger partial charge in [-0.1, -0.05) is 190 Å². The van der Waals surface area contributed by atoms with Crippen LogP contribution in [0.3, 0.4) is 0 Å². The van der Waals surface area contributed by atoms with E-state index in [2.05, 4.69) is 231 Å². The Kier molecular flexibility index (Phi) is 7.88. The van der Waals surface area contributed by atoms with Crippen molar-refractivity contribution in [2.24, 2.45) is 0 Å². The van der Waals surface area contributed by atoms with Gasteiger partial charge in [-0.15, -0.1) is 0 Å². The zero-order chi connectivity index (χ0) is 38.8. The van der Waals surface area contributed by atoms with Crippen molar-refractivity contribution in [3.63, 3.8) is 0 Å². The van der Waals surface area contributed by atoms with Gasteiger partial charge in [0.05, 0.1) is 16.4 Å². The zero-order valence-electron chi connectivity index (χ0n) is 32.9. The van der Waals surface area contributed by atoms with Crippen LogP contribution in [0.15, 0.2) is 212 Å². The zero-order valence-corrected chi connectivity index (χ0v) is 32.9. The normalized spacial score (nSPS) is 14.9. The lowest BCUT2D eigenvalue weighted by molar-refractivity contribution is 0.563. The highest BCUT2D eigenvalue weighted by atomic mass is 15.0. The molecular formula is C57H43N. The summed E-state index contributed by atoms with van der Waals surface area (Å²) in [5.74, 6) is 0. The Balaban J connectivity index is 1.06. The lowest BCUT2D eigenvalue weighted by atomic mass is 9.64. The van der Waals surface area contributed by atoms with Crippen LogP contribution in [0.1, 0.15) is 53.6 Å². The topological polar surface area (TPSA) is 4.93 Å². The maximum absolute atomic E-state index is 2.54. The second-order valence-corrected chi connectivity index (χ2v) is 16.2. The molecule has 0 saturated carbocycles. The first kappa shape index (κ1) is 34.3. The maximum Gasteiger partial charge on any atom is 0.0701 e. The molecule has 1 heteroatoms. The van der Waals surface area contributed by atoms with Gasteiger partial charge in [0.2, 0.25) is 0 Å². The average Bonchev–Trinajstić information content (AvgIpc) is 3.76. The molecule has 276 valence electrons. The van der Waals surface area contributed by atoms with E-state index in [-0.39, 0.29) is 5.41 Å². The predicted molar refractivity (Wildman–Crippen MR) is 244 cm³/mol. The number of rotatable bonds is 7. The molecule has 0 bridgehead atoms. The van der Waals surface area contributed by atoms with E-state index in [1.165, 1.54) is 93.9 Å². The summed E-state index contributed by atoms with van der Waals surface area (Å²) in [7, 11) is 0. The highest BCUT2D eigenvalue weighted by Crippen LogP contribution is 2.54. The highest BCUT2D eigenvalue weighted by Gasteiger charge is 2.43. The van der Waals surface area contributed by atoms with E-state index in [9.17, 15) is 0 Å². The molecule has 0 spiro atoms. The molecule has 0 amide bonds. The van der Waals surface area contributed by atoms with Gasteiger partial charge in [0.25, 0.3) is 0 Å². The number of fused-ring (bicyclic) bond motifs is 7. The minimum Gasteiger partial charge on any atom is -0.309 e. The Morgan fingerprint density at radius 3 is 1.62 bits per heavy atom. The summed E-state index contributed by atoms with van der Waals surface area (Å²) in [6.07, 6.45) is 0.993. The first-order chi connectivity index (χ1) is 28.6. The first-order valence-electron chi connectivity index (χ1n) is 20.6. The van der Waals surface area contributed by atoms with Gasteiger partial charge in [0, 0.05) is 21.9 Å². The molecule has 1 nitrogen and oxygen atoms in total. The third-order valence-electron chi connectivity index (χ3n) is 13.3. The quantitative estimate of drug-likeness (QED) is 0.143. The highest BCUT2D eigenvalue weighted by molar-refractivity contribution is 6.10. The smallest absolute Gasteiger partial charge is 0.0701 e.